The van der Waals surface area contributed by atoms with Crippen molar-refractivity contribution < 1.29 is 4.74 Å². The first-order valence-electron chi connectivity index (χ1n) is 10.0. The Morgan fingerprint density at radius 3 is 1.68 bits per heavy atom. The van der Waals surface area contributed by atoms with Gasteiger partial charge in [0.1, 0.15) is 6.23 Å². The van der Waals surface area contributed by atoms with E-state index >= 15 is 0 Å². The molecule has 0 aliphatic carbocycles. The first kappa shape index (κ1) is 21.9. The first-order valence-corrected chi connectivity index (χ1v) is 10.0. The van der Waals surface area contributed by atoms with Crippen LogP contribution in [0, 0.1) is 6.54 Å². The third-order valence-corrected chi connectivity index (χ3v) is 4.20. The first-order chi connectivity index (χ1) is 10.8. The molecular formula is C20H42NO. The van der Waals surface area contributed by atoms with Crippen molar-refractivity contribution in [2.45, 2.75) is 117 Å². The Kier molecular flexibility index (Phi) is 18.9. The molecule has 0 heterocycles. The number of ether oxygens (including phenoxy) is 1. The lowest BCUT2D eigenvalue weighted by atomic mass is 10.1. The fourth-order valence-electron chi connectivity index (χ4n) is 2.70. The molecule has 0 fully saturated rings. The zero-order chi connectivity index (χ0) is 16.3. The molecule has 1 unspecified atom stereocenters. The van der Waals surface area contributed by atoms with Crippen molar-refractivity contribution in [2.75, 3.05) is 6.61 Å². The van der Waals surface area contributed by atoms with Gasteiger partial charge in [0.05, 0.1) is 0 Å². The summed E-state index contributed by atoms with van der Waals surface area (Å²) >= 11 is 0. The highest BCUT2D eigenvalue weighted by atomic mass is 16.5. The second-order valence-corrected chi connectivity index (χ2v) is 6.44. The quantitative estimate of drug-likeness (QED) is 0.227. The molecule has 2 nitrogen and oxygen atoms in total. The molecule has 133 valence electrons. The maximum absolute atomic E-state index is 5.84. The van der Waals surface area contributed by atoms with Gasteiger partial charge < -0.3 is 4.74 Å². The van der Waals surface area contributed by atoms with Gasteiger partial charge in [-0.05, 0) is 19.3 Å². The highest BCUT2D eigenvalue weighted by Gasteiger charge is 2.03. The minimum Gasteiger partial charge on any atom is -0.363 e. The average Bonchev–Trinajstić information content (AvgIpc) is 2.54. The summed E-state index contributed by atoms with van der Waals surface area (Å²) in [7, 11) is 0. The molecule has 1 N–H and O–H groups in total. The van der Waals surface area contributed by atoms with Crippen LogP contribution in [0.5, 0.6) is 0 Å². The lowest BCUT2D eigenvalue weighted by Crippen LogP contribution is -2.29. The van der Waals surface area contributed by atoms with Gasteiger partial charge in [-0.2, -0.15) is 0 Å². The minimum atomic E-state index is 0.215. The van der Waals surface area contributed by atoms with Gasteiger partial charge in [0.15, 0.2) is 0 Å². The standard InChI is InChI=1S/C20H42NO/c1-4-7-8-9-10-11-12-13-14-15-16-17-19-22-20(6-3)21-18-5-2/h18,20-21H,4-17,19H2,1-3H3. The Labute approximate surface area is 140 Å². The summed E-state index contributed by atoms with van der Waals surface area (Å²) in [5.74, 6) is 0. The van der Waals surface area contributed by atoms with Crippen molar-refractivity contribution >= 4 is 0 Å². The molecule has 0 aliphatic rings. The largest absolute Gasteiger partial charge is 0.363 e. The van der Waals surface area contributed by atoms with Crippen LogP contribution in [-0.2, 0) is 4.74 Å². The molecular weight excluding hydrogens is 270 g/mol. The van der Waals surface area contributed by atoms with Gasteiger partial charge >= 0.3 is 0 Å². The van der Waals surface area contributed by atoms with Gasteiger partial charge in [0.25, 0.3) is 0 Å². The van der Waals surface area contributed by atoms with Gasteiger partial charge in [-0.3, -0.25) is 5.32 Å². The number of nitrogens with one attached hydrogen (secondary N) is 1. The topological polar surface area (TPSA) is 21.3 Å². The van der Waals surface area contributed by atoms with E-state index in [-0.39, 0.29) is 6.23 Å². The van der Waals surface area contributed by atoms with E-state index in [2.05, 4.69) is 32.6 Å². The molecule has 0 aromatic heterocycles. The van der Waals surface area contributed by atoms with Crippen molar-refractivity contribution in [2.24, 2.45) is 0 Å². The SMILES string of the molecule is CC[CH]NC(CC)OCCCCCCCCCCCCCC. The molecule has 0 saturated carbocycles. The molecule has 0 spiro atoms. The summed E-state index contributed by atoms with van der Waals surface area (Å²) in [6.07, 6.45) is 19.1. The average molecular weight is 313 g/mol. The Bertz CT molecular complexity index is 196. The van der Waals surface area contributed by atoms with E-state index in [1.165, 1.54) is 77.0 Å². The summed E-state index contributed by atoms with van der Waals surface area (Å²) in [5.41, 5.74) is 0. The van der Waals surface area contributed by atoms with Crippen LogP contribution in [0.25, 0.3) is 0 Å². The van der Waals surface area contributed by atoms with Gasteiger partial charge in [-0.15, -0.1) is 0 Å². The molecule has 0 amide bonds. The van der Waals surface area contributed by atoms with Gasteiger partial charge in [-0.1, -0.05) is 91.4 Å². The zero-order valence-corrected chi connectivity index (χ0v) is 15.7. The third-order valence-electron chi connectivity index (χ3n) is 4.20. The zero-order valence-electron chi connectivity index (χ0n) is 15.7. The maximum atomic E-state index is 5.84. The predicted octanol–water partition coefficient (Wildman–Crippen LogP) is 6.60. The summed E-state index contributed by atoms with van der Waals surface area (Å²) in [6, 6.07) is 0. The van der Waals surface area contributed by atoms with Crippen LogP contribution in [-0.4, -0.2) is 12.8 Å². The monoisotopic (exact) mass is 312 g/mol. The molecule has 0 aromatic rings. The van der Waals surface area contributed by atoms with Crippen LogP contribution in [0.3, 0.4) is 0 Å². The third kappa shape index (κ3) is 16.3. The van der Waals surface area contributed by atoms with Crippen molar-refractivity contribution in [1.82, 2.24) is 5.32 Å². The van der Waals surface area contributed by atoms with Crippen LogP contribution in [0.1, 0.15) is 111 Å². The number of rotatable bonds is 18. The molecule has 22 heavy (non-hydrogen) atoms. The van der Waals surface area contributed by atoms with Crippen LogP contribution in [0.4, 0.5) is 0 Å². The molecule has 1 atom stereocenters. The minimum absolute atomic E-state index is 0.215. The van der Waals surface area contributed by atoms with Crippen molar-refractivity contribution in [3.05, 3.63) is 6.54 Å². The van der Waals surface area contributed by atoms with Gasteiger partial charge in [0.2, 0.25) is 0 Å². The van der Waals surface area contributed by atoms with E-state index in [1.54, 1.807) is 0 Å². The van der Waals surface area contributed by atoms with E-state index in [4.69, 9.17) is 4.74 Å². The van der Waals surface area contributed by atoms with E-state index in [0.29, 0.717) is 0 Å². The van der Waals surface area contributed by atoms with Gasteiger partial charge in [-0.25, -0.2) is 0 Å². The fourth-order valence-corrected chi connectivity index (χ4v) is 2.70. The summed E-state index contributed by atoms with van der Waals surface area (Å²) in [6.45, 7) is 9.60. The lowest BCUT2D eigenvalue weighted by molar-refractivity contribution is 0.0304. The number of hydrogen-bond donors (Lipinski definition) is 1. The normalized spacial score (nSPS) is 12.7. The van der Waals surface area contributed by atoms with Crippen molar-refractivity contribution in [3.8, 4) is 0 Å². The van der Waals surface area contributed by atoms with E-state index in [0.717, 1.165) is 19.4 Å². The second-order valence-electron chi connectivity index (χ2n) is 6.44. The van der Waals surface area contributed by atoms with Crippen LogP contribution < -0.4 is 5.32 Å². The molecule has 2 heteroatoms. The lowest BCUT2D eigenvalue weighted by Gasteiger charge is -2.17. The van der Waals surface area contributed by atoms with Crippen LogP contribution in [0.2, 0.25) is 0 Å². The molecule has 0 bridgehead atoms. The Hall–Kier alpha value is -0.0800. The van der Waals surface area contributed by atoms with E-state index < -0.39 is 0 Å². The highest BCUT2D eigenvalue weighted by Crippen LogP contribution is 2.12. The molecule has 0 aliphatic heterocycles. The summed E-state index contributed by atoms with van der Waals surface area (Å²) < 4.78 is 5.84. The Morgan fingerprint density at radius 2 is 1.23 bits per heavy atom. The Balaban J connectivity index is 3.13. The smallest absolute Gasteiger partial charge is 0.108 e. The predicted molar refractivity (Wildman–Crippen MR) is 98.8 cm³/mol. The van der Waals surface area contributed by atoms with Crippen LogP contribution in [0.15, 0.2) is 0 Å². The molecule has 0 rings (SSSR count). The maximum Gasteiger partial charge on any atom is 0.108 e. The number of unbranched alkanes of at least 4 members (excludes halogenated alkanes) is 11. The van der Waals surface area contributed by atoms with E-state index in [9.17, 15) is 0 Å². The second kappa shape index (κ2) is 19.0. The summed E-state index contributed by atoms with van der Waals surface area (Å²) in [5, 5.41) is 3.32. The highest BCUT2D eigenvalue weighted by molar-refractivity contribution is 4.62. The van der Waals surface area contributed by atoms with Crippen molar-refractivity contribution in [1.29, 1.82) is 0 Å². The number of hydrogen-bond acceptors (Lipinski definition) is 2. The van der Waals surface area contributed by atoms with Gasteiger partial charge in [0, 0.05) is 13.2 Å². The van der Waals surface area contributed by atoms with E-state index in [1.807, 2.05) is 0 Å². The molecule has 1 radical (unpaired) electrons. The van der Waals surface area contributed by atoms with Crippen LogP contribution >= 0.6 is 0 Å². The summed E-state index contributed by atoms with van der Waals surface area (Å²) in [4.78, 5) is 0. The fraction of sp³-hybridized carbons (Fsp3) is 0.950. The Morgan fingerprint density at radius 1 is 0.727 bits per heavy atom. The molecule has 0 saturated heterocycles. The molecule has 0 aromatic carbocycles. The van der Waals surface area contributed by atoms with Crippen molar-refractivity contribution in [3.63, 3.8) is 0 Å².